The molecule has 0 saturated carbocycles. The number of hydrogen-bond acceptors (Lipinski definition) is 4. The summed E-state index contributed by atoms with van der Waals surface area (Å²) in [5.74, 6) is 0.186. The van der Waals surface area contributed by atoms with Crippen LogP contribution in [0.15, 0.2) is 71.6 Å². The molecule has 0 aliphatic carbocycles. The van der Waals surface area contributed by atoms with E-state index < -0.39 is 15.9 Å². The second-order valence-electron chi connectivity index (χ2n) is 7.60. The monoisotopic (exact) mass is 500 g/mol. The molecule has 0 radical (unpaired) electrons. The van der Waals surface area contributed by atoms with Gasteiger partial charge in [-0.3, -0.25) is 9.10 Å². The number of rotatable bonds is 10. The molecule has 0 unspecified atom stereocenters. The zero-order valence-corrected chi connectivity index (χ0v) is 21.1. The molecule has 0 aromatic heterocycles. The summed E-state index contributed by atoms with van der Waals surface area (Å²) in [6.07, 6.45) is 1.49. The number of aryl methyl sites for hydroxylation is 2. The summed E-state index contributed by atoms with van der Waals surface area (Å²) in [5, 5.41) is 3.38. The van der Waals surface area contributed by atoms with E-state index in [1.54, 1.807) is 24.3 Å². The van der Waals surface area contributed by atoms with E-state index in [-0.39, 0.29) is 11.4 Å². The molecule has 8 heteroatoms. The van der Waals surface area contributed by atoms with Gasteiger partial charge in [-0.2, -0.15) is 0 Å². The fraction of sp³-hybridized carbons (Fsp3) is 0.269. The van der Waals surface area contributed by atoms with Crippen LogP contribution >= 0.6 is 11.6 Å². The van der Waals surface area contributed by atoms with E-state index in [1.165, 1.54) is 24.3 Å². The molecule has 3 aromatic carbocycles. The predicted octanol–water partition coefficient (Wildman–Crippen LogP) is 5.70. The largest absolute Gasteiger partial charge is 0.494 e. The number of carbonyl (C=O) groups is 1. The number of sulfonamides is 1. The Balaban J connectivity index is 1.97. The Hall–Kier alpha value is -3.03. The minimum absolute atomic E-state index is 0.0433. The van der Waals surface area contributed by atoms with Gasteiger partial charge in [0.2, 0.25) is 5.91 Å². The Morgan fingerprint density at radius 3 is 2.03 bits per heavy atom. The minimum Gasteiger partial charge on any atom is -0.494 e. The van der Waals surface area contributed by atoms with Gasteiger partial charge in [0, 0.05) is 10.7 Å². The van der Waals surface area contributed by atoms with Crippen LogP contribution in [-0.2, 0) is 27.7 Å². The number of para-hydroxylation sites is 1. The van der Waals surface area contributed by atoms with Crippen molar-refractivity contribution >= 4 is 38.9 Å². The van der Waals surface area contributed by atoms with Crippen molar-refractivity contribution in [2.75, 3.05) is 22.8 Å². The second-order valence-corrected chi connectivity index (χ2v) is 9.90. The molecule has 0 bridgehead atoms. The van der Waals surface area contributed by atoms with Crippen LogP contribution in [0, 0.1) is 0 Å². The highest BCUT2D eigenvalue weighted by Gasteiger charge is 2.28. The van der Waals surface area contributed by atoms with Gasteiger partial charge in [0.15, 0.2) is 0 Å². The van der Waals surface area contributed by atoms with Crippen LogP contribution in [0.2, 0.25) is 5.02 Å². The molecule has 180 valence electrons. The molecule has 0 aliphatic heterocycles. The highest BCUT2D eigenvalue weighted by molar-refractivity contribution is 7.92. The number of ether oxygens (including phenoxy) is 1. The van der Waals surface area contributed by atoms with Crippen LogP contribution in [0.25, 0.3) is 0 Å². The SMILES string of the molecule is CCOc1ccc(N(CC(=O)Nc2c(CC)cccc2CC)S(=O)(=O)c2ccc(Cl)cc2)cc1. The second kappa shape index (κ2) is 11.4. The normalized spacial score (nSPS) is 11.2. The van der Waals surface area contributed by atoms with Crippen LogP contribution in [0.3, 0.4) is 0 Å². The number of halogens is 1. The van der Waals surface area contributed by atoms with Gasteiger partial charge in [-0.1, -0.05) is 43.6 Å². The zero-order chi connectivity index (χ0) is 24.7. The van der Waals surface area contributed by atoms with Gasteiger partial charge < -0.3 is 10.1 Å². The average Bonchev–Trinajstić information content (AvgIpc) is 2.83. The predicted molar refractivity (Wildman–Crippen MR) is 137 cm³/mol. The van der Waals surface area contributed by atoms with Crippen molar-refractivity contribution in [1.82, 2.24) is 0 Å². The molecule has 3 rings (SSSR count). The average molecular weight is 501 g/mol. The third-order valence-electron chi connectivity index (χ3n) is 5.39. The van der Waals surface area contributed by atoms with Crippen molar-refractivity contribution < 1.29 is 17.9 Å². The molecule has 0 atom stereocenters. The van der Waals surface area contributed by atoms with Gasteiger partial charge >= 0.3 is 0 Å². The van der Waals surface area contributed by atoms with Crippen molar-refractivity contribution in [3.8, 4) is 5.75 Å². The smallest absolute Gasteiger partial charge is 0.264 e. The first kappa shape index (κ1) is 25.6. The Labute approximate surface area is 206 Å². The first-order valence-electron chi connectivity index (χ1n) is 11.2. The molecule has 34 heavy (non-hydrogen) atoms. The van der Waals surface area contributed by atoms with Crippen molar-refractivity contribution in [2.45, 2.75) is 38.5 Å². The first-order chi connectivity index (χ1) is 16.3. The summed E-state index contributed by atoms with van der Waals surface area (Å²) < 4.78 is 33.7. The van der Waals surface area contributed by atoms with Crippen molar-refractivity contribution in [3.05, 3.63) is 82.9 Å². The zero-order valence-electron chi connectivity index (χ0n) is 19.5. The maximum atomic E-state index is 13.6. The number of nitrogens with one attached hydrogen (secondary N) is 1. The molecular formula is C26H29ClN2O4S. The Bertz CT molecular complexity index is 1200. The van der Waals surface area contributed by atoms with Gasteiger partial charge in [0.25, 0.3) is 10.0 Å². The molecule has 6 nitrogen and oxygen atoms in total. The molecule has 0 saturated heterocycles. The van der Waals surface area contributed by atoms with Gasteiger partial charge in [0.1, 0.15) is 12.3 Å². The lowest BCUT2D eigenvalue weighted by molar-refractivity contribution is -0.114. The van der Waals surface area contributed by atoms with Crippen LogP contribution in [-0.4, -0.2) is 27.5 Å². The van der Waals surface area contributed by atoms with Crippen molar-refractivity contribution in [1.29, 1.82) is 0 Å². The fourth-order valence-corrected chi connectivity index (χ4v) is 5.18. The Kier molecular flexibility index (Phi) is 8.58. The number of anilines is 2. The molecule has 0 spiro atoms. The lowest BCUT2D eigenvalue weighted by Crippen LogP contribution is -2.38. The van der Waals surface area contributed by atoms with E-state index in [9.17, 15) is 13.2 Å². The Morgan fingerprint density at radius 1 is 0.912 bits per heavy atom. The quantitative estimate of drug-likeness (QED) is 0.387. The van der Waals surface area contributed by atoms with Gasteiger partial charge in [-0.15, -0.1) is 0 Å². The Morgan fingerprint density at radius 2 is 1.50 bits per heavy atom. The third-order valence-corrected chi connectivity index (χ3v) is 7.43. The summed E-state index contributed by atoms with van der Waals surface area (Å²) in [7, 11) is -4.04. The van der Waals surface area contributed by atoms with Crippen LogP contribution in [0.1, 0.15) is 31.9 Å². The van der Waals surface area contributed by atoms with Gasteiger partial charge in [-0.05, 0) is 79.4 Å². The molecular weight excluding hydrogens is 472 g/mol. The summed E-state index contributed by atoms with van der Waals surface area (Å²) in [6, 6.07) is 18.4. The number of amides is 1. The minimum atomic E-state index is -4.04. The first-order valence-corrected chi connectivity index (χ1v) is 13.0. The maximum absolute atomic E-state index is 13.6. The topological polar surface area (TPSA) is 75.7 Å². The van der Waals surface area contributed by atoms with Crippen LogP contribution < -0.4 is 14.4 Å². The highest BCUT2D eigenvalue weighted by Crippen LogP contribution is 2.28. The number of benzene rings is 3. The van der Waals surface area contributed by atoms with E-state index in [1.807, 2.05) is 39.0 Å². The third kappa shape index (κ3) is 5.90. The number of nitrogens with zero attached hydrogens (tertiary/aromatic N) is 1. The van der Waals surface area contributed by atoms with Crippen molar-refractivity contribution in [2.24, 2.45) is 0 Å². The lowest BCUT2D eigenvalue weighted by atomic mass is 10.0. The summed E-state index contributed by atoms with van der Waals surface area (Å²) >= 11 is 5.95. The van der Waals surface area contributed by atoms with Gasteiger partial charge in [0.05, 0.1) is 17.2 Å². The summed E-state index contributed by atoms with van der Waals surface area (Å²) in [6.45, 7) is 6.00. The molecule has 0 aliphatic rings. The van der Waals surface area contributed by atoms with Crippen LogP contribution in [0.4, 0.5) is 11.4 Å². The maximum Gasteiger partial charge on any atom is 0.264 e. The van der Waals surface area contributed by atoms with E-state index in [0.717, 1.165) is 34.0 Å². The lowest BCUT2D eigenvalue weighted by Gasteiger charge is -2.25. The molecule has 1 amide bonds. The number of carbonyl (C=O) groups excluding carboxylic acids is 1. The fourth-order valence-electron chi connectivity index (χ4n) is 3.64. The summed E-state index contributed by atoms with van der Waals surface area (Å²) in [5.41, 5.74) is 3.10. The van der Waals surface area contributed by atoms with Crippen molar-refractivity contribution in [3.63, 3.8) is 0 Å². The van der Waals surface area contributed by atoms with Crippen LogP contribution in [0.5, 0.6) is 5.75 Å². The van der Waals surface area contributed by atoms with E-state index in [0.29, 0.717) is 23.1 Å². The number of hydrogen-bond donors (Lipinski definition) is 1. The van der Waals surface area contributed by atoms with E-state index >= 15 is 0 Å². The molecule has 1 N–H and O–H groups in total. The molecule has 3 aromatic rings. The molecule has 0 fully saturated rings. The van der Waals surface area contributed by atoms with Gasteiger partial charge in [-0.25, -0.2) is 8.42 Å². The summed E-state index contributed by atoms with van der Waals surface area (Å²) in [4.78, 5) is 13.2. The molecule has 0 heterocycles. The standard InChI is InChI=1S/C26H29ClN2O4S/c1-4-19-8-7-9-20(5-2)26(19)28-25(30)18-29(22-12-14-23(15-13-22)33-6-3)34(31,32)24-16-10-21(27)11-17-24/h7-17H,4-6,18H2,1-3H3,(H,28,30). The van der Waals surface area contributed by atoms with E-state index in [2.05, 4.69) is 5.32 Å². The van der Waals surface area contributed by atoms with E-state index in [4.69, 9.17) is 16.3 Å². The highest BCUT2D eigenvalue weighted by atomic mass is 35.5.